The van der Waals surface area contributed by atoms with Crippen LogP contribution in [0.15, 0.2) is 18.2 Å². The van der Waals surface area contributed by atoms with Crippen LogP contribution in [0.2, 0.25) is 5.02 Å². The molecule has 0 aromatic heterocycles. The third-order valence-electron chi connectivity index (χ3n) is 1.55. The Labute approximate surface area is 83.5 Å². The molecule has 0 fully saturated rings. The summed E-state index contributed by atoms with van der Waals surface area (Å²) in [5.41, 5.74) is 2.23. The number of aryl methyl sites for hydroxylation is 1. The average Bonchev–Trinajstić information content (AvgIpc) is 1.94. The molecule has 0 aliphatic rings. The lowest BCUT2D eigenvalue weighted by Crippen LogP contribution is -2.07. The summed E-state index contributed by atoms with van der Waals surface area (Å²) in [5.74, 6) is 0. The fourth-order valence-corrected chi connectivity index (χ4v) is 1.38. The van der Waals surface area contributed by atoms with Gasteiger partial charge < -0.3 is 5.32 Å². The zero-order valence-electron chi connectivity index (χ0n) is 7.13. The number of rotatable bonds is 2. The standard InChI is InChI=1S/C9H12ClNS/c1-6-5-8(10)3-4-9(6)11-7(2)12/h3-5,7,11-12H,1-2H3. The Balaban J connectivity index is 2.86. The minimum absolute atomic E-state index is 0.157. The molecule has 1 aromatic rings. The van der Waals surface area contributed by atoms with E-state index in [1.54, 1.807) is 0 Å². The molecule has 0 bridgehead atoms. The highest BCUT2D eigenvalue weighted by Gasteiger charge is 1.99. The maximum absolute atomic E-state index is 5.81. The van der Waals surface area contributed by atoms with Crippen molar-refractivity contribution < 1.29 is 0 Å². The summed E-state index contributed by atoms with van der Waals surface area (Å²) in [6, 6.07) is 5.76. The molecule has 0 saturated carbocycles. The van der Waals surface area contributed by atoms with Gasteiger partial charge in [0.15, 0.2) is 0 Å². The van der Waals surface area contributed by atoms with E-state index in [0.29, 0.717) is 0 Å². The molecule has 1 N–H and O–H groups in total. The Morgan fingerprint density at radius 3 is 2.67 bits per heavy atom. The third-order valence-corrected chi connectivity index (χ3v) is 1.92. The molecule has 1 atom stereocenters. The molecule has 1 aromatic carbocycles. The van der Waals surface area contributed by atoms with Crippen molar-refractivity contribution in [2.75, 3.05) is 5.32 Å². The van der Waals surface area contributed by atoms with E-state index in [0.717, 1.165) is 16.3 Å². The summed E-state index contributed by atoms with van der Waals surface area (Å²) in [6.07, 6.45) is 0. The van der Waals surface area contributed by atoms with Gasteiger partial charge in [-0.25, -0.2) is 0 Å². The highest BCUT2D eigenvalue weighted by atomic mass is 35.5. The summed E-state index contributed by atoms with van der Waals surface area (Å²) in [5, 5.41) is 4.13. The van der Waals surface area contributed by atoms with Gasteiger partial charge in [0.2, 0.25) is 0 Å². The maximum atomic E-state index is 5.81. The van der Waals surface area contributed by atoms with Gasteiger partial charge >= 0.3 is 0 Å². The molecular formula is C9H12ClNS. The Bertz CT molecular complexity index is 273. The normalized spacial score (nSPS) is 12.7. The van der Waals surface area contributed by atoms with Crippen LogP contribution in [0, 0.1) is 6.92 Å². The number of benzene rings is 1. The number of hydrogen-bond donors (Lipinski definition) is 2. The number of nitrogens with one attached hydrogen (secondary N) is 1. The molecule has 0 saturated heterocycles. The number of thiol groups is 1. The van der Waals surface area contributed by atoms with Crippen molar-refractivity contribution in [3.63, 3.8) is 0 Å². The van der Waals surface area contributed by atoms with Gasteiger partial charge in [-0.3, -0.25) is 0 Å². The van der Waals surface area contributed by atoms with Crippen molar-refractivity contribution >= 4 is 29.9 Å². The molecule has 1 unspecified atom stereocenters. The largest absolute Gasteiger partial charge is 0.374 e. The quantitative estimate of drug-likeness (QED) is 0.553. The summed E-state index contributed by atoms with van der Waals surface area (Å²) >= 11 is 10.0. The van der Waals surface area contributed by atoms with E-state index in [1.165, 1.54) is 0 Å². The second kappa shape index (κ2) is 4.06. The Kier molecular flexibility index (Phi) is 3.29. The van der Waals surface area contributed by atoms with Gasteiger partial charge in [-0.05, 0) is 37.6 Å². The van der Waals surface area contributed by atoms with Crippen molar-refractivity contribution in [3.05, 3.63) is 28.8 Å². The molecule has 12 heavy (non-hydrogen) atoms. The molecular weight excluding hydrogens is 190 g/mol. The van der Waals surface area contributed by atoms with Gasteiger partial charge in [-0.15, -0.1) is 0 Å². The zero-order valence-corrected chi connectivity index (χ0v) is 8.78. The third kappa shape index (κ3) is 2.61. The van der Waals surface area contributed by atoms with E-state index >= 15 is 0 Å². The van der Waals surface area contributed by atoms with E-state index in [4.69, 9.17) is 11.6 Å². The first-order valence-corrected chi connectivity index (χ1v) is 4.70. The van der Waals surface area contributed by atoms with Crippen molar-refractivity contribution in [1.82, 2.24) is 0 Å². The minimum Gasteiger partial charge on any atom is -0.374 e. The second-order valence-electron chi connectivity index (χ2n) is 2.78. The van der Waals surface area contributed by atoms with Crippen LogP contribution in [-0.4, -0.2) is 5.37 Å². The zero-order chi connectivity index (χ0) is 9.14. The minimum atomic E-state index is 0.157. The smallest absolute Gasteiger partial charge is 0.0665 e. The summed E-state index contributed by atoms with van der Waals surface area (Å²) in [7, 11) is 0. The molecule has 0 amide bonds. The van der Waals surface area contributed by atoms with Crippen LogP contribution < -0.4 is 5.32 Å². The molecule has 0 aliphatic carbocycles. The highest BCUT2D eigenvalue weighted by Crippen LogP contribution is 2.20. The van der Waals surface area contributed by atoms with Crippen LogP contribution >= 0.6 is 24.2 Å². The molecule has 0 spiro atoms. The van der Waals surface area contributed by atoms with E-state index in [1.807, 2.05) is 32.0 Å². The number of anilines is 1. The van der Waals surface area contributed by atoms with Crippen molar-refractivity contribution in [2.45, 2.75) is 19.2 Å². The molecule has 66 valence electrons. The first kappa shape index (κ1) is 9.75. The Hall–Kier alpha value is -0.340. The second-order valence-corrected chi connectivity index (χ2v) is 3.99. The molecule has 0 heterocycles. The monoisotopic (exact) mass is 201 g/mol. The molecule has 1 nitrogen and oxygen atoms in total. The first-order chi connectivity index (χ1) is 5.59. The van der Waals surface area contributed by atoms with Crippen molar-refractivity contribution in [2.24, 2.45) is 0 Å². The van der Waals surface area contributed by atoms with Crippen molar-refractivity contribution in [1.29, 1.82) is 0 Å². The van der Waals surface area contributed by atoms with Crippen LogP contribution in [0.4, 0.5) is 5.69 Å². The van der Waals surface area contributed by atoms with E-state index in [2.05, 4.69) is 17.9 Å². The number of halogens is 1. The fraction of sp³-hybridized carbons (Fsp3) is 0.333. The molecule has 1 rings (SSSR count). The lowest BCUT2D eigenvalue weighted by molar-refractivity contribution is 1.13. The van der Waals surface area contributed by atoms with Crippen LogP contribution in [0.1, 0.15) is 12.5 Å². The van der Waals surface area contributed by atoms with Crippen LogP contribution in [0.3, 0.4) is 0 Å². The van der Waals surface area contributed by atoms with E-state index in [9.17, 15) is 0 Å². The van der Waals surface area contributed by atoms with E-state index in [-0.39, 0.29) is 5.37 Å². The van der Waals surface area contributed by atoms with Gasteiger partial charge in [-0.1, -0.05) is 11.6 Å². The lowest BCUT2D eigenvalue weighted by Gasteiger charge is -2.11. The maximum Gasteiger partial charge on any atom is 0.0665 e. The topological polar surface area (TPSA) is 12.0 Å². The summed E-state index contributed by atoms with van der Waals surface area (Å²) in [4.78, 5) is 0. The predicted molar refractivity (Wildman–Crippen MR) is 58.3 cm³/mol. The fourth-order valence-electron chi connectivity index (χ4n) is 1.01. The molecule has 3 heteroatoms. The molecule has 0 radical (unpaired) electrons. The van der Waals surface area contributed by atoms with Crippen LogP contribution in [-0.2, 0) is 0 Å². The summed E-state index contributed by atoms with van der Waals surface area (Å²) < 4.78 is 0. The SMILES string of the molecule is Cc1cc(Cl)ccc1NC(C)S. The van der Waals surface area contributed by atoms with Gasteiger partial charge in [0.25, 0.3) is 0 Å². The Morgan fingerprint density at radius 2 is 2.17 bits per heavy atom. The highest BCUT2D eigenvalue weighted by molar-refractivity contribution is 7.81. The van der Waals surface area contributed by atoms with Gasteiger partial charge in [0.1, 0.15) is 0 Å². The first-order valence-electron chi connectivity index (χ1n) is 3.80. The van der Waals surface area contributed by atoms with Gasteiger partial charge in [0, 0.05) is 10.7 Å². The van der Waals surface area contributed by atoms with Crippen LogP contribution in [0.5, 0.6) is 0 Å². The lowest BCUT2D eigenvalue weighted by atomic mass is 10.2. The Morgan fingerprint density at radius 1 is 1.50 bits per heavy atom. The van der Waals surface area contributed by atoms with Crippen LogP contribution in [0.25, 0.3) is 0 Å². The van der Waals surface area contributed by atoms with Crippen molar-refractivity contribution in [3.8, 4) is 0 Å². The average molecular weight is 202 g/mol. The van der Waals surface area contributed by atoms with Gasteiger partial charge in [-0.2, -0.15) is 12.6 Å². The molecule has 0 aliphatic heterocycles. The van der Waals surface area contributed by atoms with E-state index < -0.39 is 0 Å². The summed E-state index contributed by atoms with van der Waals surface area (Å²) in [6.45, 7) is 4.00. The van der Waals surface area contributed by atoms with Gasteiger partial charge in [0.05, 0.1) is 5.37 Å². The number of hydrogen-bond acceptors (Lipinski definition) is 2. The predicted octanol–water partition coefficient (Wildman–Crippen LogP) is 3.34.